The summed E-state index contributed by atoms with van der Waals surface area (Å²) in [5, 5.41) is 0. The van der Waals surface area contributed by atoms with Gasteiger partial charge in [-0.25, -0.2) is 0 Å². The molecule has 23 heavy (non-hydrogen) atoms. The number of aliphatic imine (C=N–C) groups is 1. The standard InChI is InChI=1S/C19H20N2O2/c1-3-23-19(20-14(2)22)21-12-15-8-4-6-10-17(15)18-11-7-5-9-16(18)13-21/h4-11H,3,12-13H2,1-2H3/b20-19-. The summed E-state index contributed by atoms with van der Waals surface area (Å²) in [6.07, 6.45) is 0. The Morgan fingerprint density at radius 1 is 1.04 bits per heavy atom. The number of hydrogen-bond acceptors (Lipinski definition) is 2. The predicted octanol–water partition coefficient (Wildman–Crippen LogP) is 3.61. The number of fused-ring (bicyclic) bond motifs is 3. The zero-order valence-corrected chi connectivity index (χ0v) is 13.5. The molecule has 0 spiro atoms. The molecule has 0 N–H and O–H groups in total. The van der Waals surface area contributed by atoms with E-state index in [1.807, 2.05) is 24.0 Å². The molecule has 2 aromatic rings. The van der Waals surface area contributed by atoms with E-state index in [9.17, 15) is 4.79 Å². The van der Waals surface area contributed by atoms with Crippen molar-refractivity contribution in [2.45, 2.75) is 26.9 Å². The highest BCUT2D eigenvalue weighted by atomic mass is 16.5. The van der Waals surface area contributed by atoms with E-state index in [0.29, 0.717) is 25.7 Å². The second-order valence-electron chi connectivity index (χ2n) is 5.52. The van der Waals surface area contributed by atoms with Gasteiger partial charge in [0.15, 0.2) is 0 Å². The van der Waals surface area contributed by atoms with Crippen LogP contribution in [0.1, 0.15) is 25.0 Å². The predicted molar refractivity (Wildman–Crippen MR) is 90.9 cm³/mol. The summed E-state index contributed by atoms with van der Waals surface area (Å²) in [6, 6.07) is 17.1. The van der Waals surface area contributed by atoms with Crippen LogP contribution in [0.5, 0.6) is 0 Å². The summed E-state index contributed by atoms with van der Waals surface area (Å²) in [5.74, 6) is -0.251. The highest BCUT2D eigenvalue weighted by Gasteiger charge is 2.22. The number of amides is 1. The van der Waals surface area contributed by atoms with Crippen molar-refractivity contribution in [2.75, 3.05) is 6.61 Å². The van der Waals surface area contributed by atoms with Crippen LogP contribution in [0.15, 0.2) is 53.5 Å². The number of carbonyl (C=O) groups excluding carboxylic acids is 1. The van der Waals surface area contributed by atoms with Crippen LogP contribution >= 0.6 is 0 Å². The van der Waals surface area contributed by atoms with Gasteiger partial charge >= 0.3 is 0 Å². The average molecular weight is 308 g/mol. The van der Waals surface area contributed by atoms with E-state index in [4.69, 9.17) is 4.74 Å². The maximum absolute atomic E-state index is 11.5. The zero-order valence-electron chi connectivity index (χ0n) is 13.5. The lowest BCUT2D eigenvalue weighted by Crippen LogP contribution is -2.32. The molecule has 0 aromatic heterocycles. The summed E-state index contributed by atoms with van der Waals surface area (Å²) in [5.41, 5.74) is 4.86. The summed E-state index contributed by atoms with van der Waals surface area (Å²) in [4.78, 5) is 17.5. The number of rotatable bonds is 1. The van der Waals surface area contributed by atoms with Gasteiger partial charge in [0, 0.05) is 20.0 Å². The van der Waals surface area contributed by atoms with Crippen molar-refractivity contribution in [3.8, 4) is 11.1 Å². The molecule has 0 radical (unpaired) electrons. The first-order valence-electron chi connectivity index (χ1n) is 7.82. The van der Waals surface area contributed by atoms with E-state index in [-0.39, 0.29) is 5.91 Å². The van der Waals surface area contributed by atoms with Crippen LogP contribution in [0.4, 0.5) is 0 Å². The largest absolute Gasteiger partial charge is 0.465 e. The van der Waals surface area contributed by atoms with Crippen LogP contribution < -0.4 is 0 Å². The molecule has 1 aliphatic rings. The minimum atomic E-state index is -0.251. The number of benzene rings is 2. The maximum atomic E-state index is 11.5. The van der Waals surface area contributed by atoms with Gasteiger partial charge in [0.2, 0.25) is 5.91 Å². The van der Waals surface area contributed by atoms with E-state index in [0.717, 1.165) is 0 Å². The van der Waals surface area contributed by atoms with Gasteiger partial charge in [0.05, 0.1) is 6.61 Å². The highest BCUT2D eigenvalue weighted by Crippen LogP contribution is 2.32. The van der Waals surface area contributed by atoms with Crippen molar-refractivity contribution in [3.05, 3.63) is 59.7 Å². The molecule has 0 saturated heterocycles. The molecule has 0 fully saturated rings. The van der Waals surface area contributed by atoms with Crippen molar-refractivity contribution in [3.63, 3.8) is 0 Å². The third kappa shape index (κ3) is 3.26. The summed E-state index contributed by atoms with van der Waals surface area (Å²) in [6.45, 7) is 5.15. The molecule has 1 aliphatic heterocycles. The van der Waals surface area contributed by atoms with Gasteiger partial charge in [0.25, 0.3) is 6.02 Å². The molecule has 0 bridgehead atoms. The number of carbonyl (C=O) groups is 1. The Bertz CT molecular complexity index is 705. The van der Waals surface area contributed by atoms with Crippen molar-refractivity contribution < 1.29 is 9.53 Å². The molecule has 2 aromatic carbocycles. The Hall–Kier alpha value is -2.62. The van der Waals surface area contributed by atoms with Crippen molar-refractivity contribution >= 4 is 11.9 Å². The lowest BCUT2D eigenvalue weighted by molar-refractivity contribution is -0.115. The van der Waals surface area contributed by atoms with Crippen LogP contribution in [0.25, 0.3) is 11.1 Å². The first kappa shape index (κ1) is 15.3. The zero-order chi connectivity index (χ0) is 16.2. The van der Waals surface area contributed by atoms with Gasteiger partial charge in [-0.1, -0.05) is 48.5 Å². The van der Waals surface area contributed by atoms with Gasteiger partial charge < -0.3 is 9.64 Å². The molecule has 0 atom stereocenters. The highest BCUT2D eigenvalue weighted by molar-refractivity contribution is 5.89. The molecular formula is C19H20N2O2. The minimum absolute atomic E-state index is 0.251. The Balaban J connectivity index is 2.08. The van der Waals surface area contributed by atoms with E-state index in [1.165, 1.54) is 29.2 Å². The first-order valence-corrected chi connectivity index (χ1v) is 7.82. The third-order valence-corrected chi connectivity index (χ3v) is 3.84. The normalized spacial score (nSPS) is 13.8. The Kier molecular flexibility index (Phi) is 4.42. The average Bonchev–Trinajstić information content (AvgIpc) is 2.71. The van der Waals surface area contributed by atoms with Crippen LogP contribution in [0, 0.1) is 0 Å². The summed E-state index contributed by atoms with van der Waals surface area (Å²) < 4.78 is 5.63. The van der Waals surface area contributed by atoms with Crippen LogP contribution in [0.3, 0.4) is 0 Å². The van der Waals surface area contributed by atoms with Crippen LogP contribution in [0.2, 0.25) is 0 Å². The van der Waals surface area contributed by atoms with Gasteiger partial charge in [-0.2, -0.15) is 4.99 Å². The fraction of sp³-hybridized carbons (Fsp3) is 0.263. The smallest absolute Gasteiger partial charge is 0.295 e. The van der Waals surface area contributed by atoms with Crippen molar-refractivity contribution in [2.24, 2.45) is 4.99 Å². The molecule has 4 nitrogen and oxygen atoms in total. The monoisotopic (exact) mass is 308 g/mol. The lowest BCUT2D eigenvalue weighted by atomic mass is 9.97. The molecule has 118 valence electrons. The molecule has 3 rings (SSSR count). The maximum Gasteiger partial charge on any atom is 0.295 e. The van der Waals surface area contributed by atoms with E-state index in [2.05, 4.69) is 41.4 Å². The van der Waals surface area contributed by atoms with Crippen molar-refractivity contribution in [1.82, 2.24) is 4.90 Å². The SMILES string of the molecule is CCO/C(=N\C(C)=O)N1Cc2ccccc2-c2ccccc2C1. The first-order chi connectivity index (χ1) is 11.2. The molecule has 4 heteroatoms. The van der Waals surface area contributed by atoms with Crippen LogP contribution in [-0.2, 0) is 22.6 Å². The van der Waals surface area contributed by atoms with Gasteiger partial charge in [-0.15, -0.1) is 0 Å². The number of hydrogen-bond donors (Lipinski definition) is 0. The van der Waals surface area contributed by atoms with Crippen LogP contribution in [-0.4, -0.2) is 23.4 Å². The van der Waals surface area contributed by atoms with E-state index < -0.39 is 0 Å². The Morgan fingerprint density at radius 3 is 2.04 bits per heavy atom. The number of ether oxygens (including phenoxy) is 1. The van der Waals surface area contributed by atoms with Crippen molar-refractivity contribution in [1.29, 1.82) is 0 Å². The lowest BCUT2D eigenvalue weighted by Gasteiger charge is -2.24. The van der Waals surface area contributed by atoms with Gasteiger partial charge in [-0.05, 0) is 29.2 Å². The summed E-state index contributed by atoms with van der Waals surface area (Å²) in [7, 11) is 0. The van der Waals surface area contributed by atoms with E-state index >= 15 is 0 Å². The molecule has 0 saturated carbocycles. The van der Waals surface area contributed by atoms with Gasteiger partial charge in [0.1, 0.15) is 0 Å². The van der Waals surface area contributed by atoms with Gasteiger partial charge in [-0.3, -0.25) is 4.79 Å². The Morgan fingerprint density at radius 2 is 1.57 bits per heavy atom. The number of nitrogens with zero attached hydrogens (tertiary/aromatic N) is 2. The Labute approximate surface area is 136 Å². The molecular weight excluding hydrogens is 288 g/mol. The topological polar surface area (TPSA) is 41.9 Å². The second-order valence-corrected chi connectivity index (χ2v) is 5.52. The molecule has 1 amide bonds. The molecule has 0 aliphatic carbocycles. The minimum Gasteiger partial charge on any atom is -0.465 e. The molecule has 1 heterocycles. The summed E-state index contributed by atoms with van der Waals surface area (Å²) >= 11 is 0. The van der Waals surface area contributed by atoms with E-state index in [1.54, 1.807) is 0 Å². The number of amidine groups is 1. The fourth-order valence-electron chi connectivity index (χ4n) is 2.90. The third-order valence-electron chi connectivity index (χ3n) is 3.84. The quantitative estimate of drug-likeness (QED) is 0.597. The fourth-order valence-corrected chi connectivity index (χ4v) is 2.90. The second kappa shape index (κ2) is 6.65. The molecule has 0 unspecified atom stereocenters.